The van der Waals surface area contributed by atoms with Crippen LogP contribution in [0.2, 0.25) is 0 Å². The van der Waals surface area contributed by atoms with E-state index in [9.17, 15) is 4.79 Å². The molecule has 1 rings (SSSR count). The summed E-state index contributed by atoms with van der Waals surface area (Å²) >= 11 is 0. The number of ether oxygens (including phenoxy) is 1. The Labute approximate surface area is 105 Å². The van der Waals surface area contributed by atoms with Crippen LogP contribution in [0.1, 0.15) is 5.56 Å². The number of carbonyl (C=O) groups is 1. The van der Waals surface area contributed by atoms with Crippen molar-refractivity contribution in [2.24, 2.45) is 5.73 Å². The standard InChI is InChI=1S/C10H13NO2.H2O4S/c1-13-10(12)9(11)7-8-5-3-2-4-6-8;1-5(2,3)4/h2-6,9H,7,11H2,1H3;(H2,1,2,3,4)/t9-;/m0./s1. The number of nitrogens with two attached hydrogens (primary N) is 1. The summed E-state index contributed by atoms with van der Waals surface area (Å²) < 4.78 is 36.1. The van der Waals surface area contributed by atoms with E-state index in [4.69, 9.17) is 23.3 Å². The summed E-state index contributed by atoms with van der Waals surface area (Å²) in [6.07, 6.45) is 0.521. The van der Waals surface area contributed by atoms with E-state index in [-0.39, 0.29) is 5.97 Å². The maximum absolute atomic E-state index is 11.0. The highest BCUT2D eigenvalue weighted by molar-refractivity contribution is 7.79. The first kappa shape index (κ1) is 16.5. The van der Waals surface area contributed by atoms with Crippen LogP contribution < -0.4 is 5.73 Å². The summed E-state index contributed by atoms with van der Waals surface area (Å²) in [6, 6.07) is 9.06. The summed E-state index contributed by atoms with van der Waals surface area (Å²) in [5.74, 6) is -0.371. The van der Waals surface area contributed by atoms with Crippen molar-refractivity contribution in [3.63, 3.8) is 0 Å². The van der Waals surface area contributed by atoms with E-state index in [1.54, 1.807) is 0 Å². The molecule has 1 atom stereocenters. The van der Waals surface area contributed by atoms with E-state index >= 15 is 0 Å². The van der Waals surface area contributed by atoms with Gasteiger partial charge in [0, 0.05) is 0 Å². The number of esters is 1. The van der Waals surface area contributed by atoms with Gasteiger partial charge in [-0.05, 0) is 12.0 Å². The van der Waals surface area contributed by atoms with Crippen LogP contribution in [0.15, 0.2) is 30.3 Å². The fourth-order valence-electron chi connectivity index (χ4n) is 1.10. The smallest absolute Gasteiger partial charge is 0.394 e. The molecule has 4 N–H and O–H groups in total. The highest BCUT2D eigenvalue weighted by atomic mass is 32.3. The molecule has 7 nitrogen and oxygen atoms in total. The van der Waals surface area contributed by atoms with Crippen molar-refractivity contribution in [2.75, 3.05) is 7.11 Å². The van der Waals surface area contributed by atoms with E-state index in [0.29, 0.717) is 6.42 Å². The number of hydrogen-bond acceptors (Lipinski definition) is 5. The molecular formula is C10H15NO6S. The third-order valence-corrected chi connectivity index (χ3v) is 1.80. The molecule has 8 heteroatoms. The molecule has 0 bridgehead atoms. The van der Waals surface area contributed by atoms with Crippen LogP contribution in [0.25, 0.3) is 0 Å². The molecule has 0 saturated carbocycles. The SMILES string of the molecule is COC(=O)[C@@H](N)Cc1ccccc1.O=S(=O)(O)O. The van der Waals surface area contributed by atoms with Gasteiger partial charge in [-0.2, -0.15) is 8.42 Å². The quantitative estimate of drug-likeness (QED) is 0.527. The van der Waals surface area contributed by atoms with Gasteiger partial charge in [0.25, 0.3) is 0 Å². The largest absolute Gasteiger partial charge is 0.468 e. The first-order valence-electron chi connectivity index (χ1n) is 4.81. The zero-order valence-corrected chi connectivity index (χ0v) is 10.5. The predicted octanol–water partition coefficient (Wildman–Crippen LogP) is 0.0766. The van der Waals surface area contributed by atoms with E-state index in [0.717, 1.165) is 5.56 Å². The molecule has 0 aliphatic heterocycles. The Balaban J connectivity index is 0.000000494. The van der Waals surface area contributed by atoms with Crippen molar-refractivity contribution >= 4 is 16.4 Å². The summed E-state index contributed by atoms with van der Waals surface area (Å²) in [4.78, 5) is 11.0. The maximum Gasteiger partial charge on any atom is 0.394 e. The van der Waals surface area contributed by atoms with Crippen molar-refractivity contribution < 1.29 is 27.1 Å². The van der Waals surface area contributed by atoms with E-state index in [1.807, 2.05) is 30.3 Å². The second-order valence-electron chi connectivity index (χ2n) is 3.27. The lowest BCUT2D eigenvalue weighted by molar-refractivity contribution is -0.142. The molecule has 0 saturated heterocycles. The Hall–Kier alpha value is -1.48. The van der Waals surface area contributed by atoms with Gasteiger partial charge in [-0.1, -0.05) is 30.3 Å². The average Bonchev–Trinajstić information content (AvgIpc) is 2.27. The molecule has 0 aliphatic rings. The fourth-order valence-corrected chi connectivity index (χ4v) is 1.10. The molecule has 0 spiro atoms. The van der Waals surface area contributed by atoms with E-state index < -0.39 is 16.4 Å². The van der Waals surface area contributed by atoms with Crippen molar-refractivity contribution in [3.05, 3.63) is 35.9 Å². The fraction of sp³-hybridized carbons (Fsp3) is 0.300. The molecule has 0 radical (unpaired) electrons. The highest BCUT2D eigenvalue weighted by Gasteiger charge is 2.13. The number of methoxy groups -OCH3 is 1. The van der Waals surface area contributed by atoms with Crippen LogP contribution in [0, 0.1) is 0 Å². The van der Waals surface area contributed by atoms with Crippen LogP contribution in [-0.2, 0) is 26.4 Å². The van der Waals surface area contributed by atoms with E-state index in [2.05, 4.69) is 4.74 Å². The van der Waals surface area contributed by atoms with Crippen molar-refractivity contribution in [1.82, 2.24) is 0 Å². The van der Waals surface area contributed by atoms with Gasteiger partial charge in [0.2, 0.25) is 0 Å². The Morgan fingerprint density at radius 1 is 1.33 bits per heavy atom. The molecule has 18 heavy (non-hydrogen) atoms. The van der Waals surface area contributed by atoms with Crippen molar-refractivity contribution in [1.29, 1.82) is 0 Å². The molecular weight excluding hydrogens is 262 g/mol. The van der Waals surface area contributed by atoms with E-state index in [1.165, 1.54) is 7.11 Å². The molecule has 102 valence electrons. The van der Waals surface area contributed by atoms with Gasteiger partial charge in [0.15, 0.2) is 0 Å². The number of benzene rings is 1. The van der Waals surface area contributed by atoms with Gasteiger partial charge in [-0.25, -0.2) is 0 Å². The molecule has 1 aromatic carbocycles. The zero-order valence-electron chi connectivity index (χ0n) is 9.68. The van der Waals surface area contributed by atoms with Gasteiger partial charge in [-0.15, -0.1) is 0 Å². The predicted molar refractivity (Wildman–Crippen MR) is 64.3 cm³/mol. The Morgan fingerprint density at radius 2 is 1.78 bits per heavy atom. The first-order valence-corrected chi connectivity index (χ1v) is 6.21. The maximum atomic E-state index is 11.0. The van der Waals surface area contributed by atoms with Gasteiger partial charge >= 0.3 is 16.4 Å². The minimum absolute atomic E-state index is 0.371. The van der Waals surface area contributed by atoms with Gasteiger partial charge in [-0.3, -0.25) is 13.9 Å². The lowest BCUT2D eigenvalue weighted by Crippen LogP contribution is -2.33. The summed E-state index contributed by atoms with van der Waals surface area (Å²) in [5, 5.41) is 0. The molecule has 0 aromatic heterocycles. The molecule has 0 heterocycles. The normalized spacial score (nSPS) is 12.0. The van der Waals surface area contributed by atoms with Crippen LogP contribution in [-0.4, -0.2) is 36.6 Å². The second kappa shape index (κ2) is 7.77. The van der Waals surface area contributed by atoms with Crippen molar-refractivity contribution in [3.8, 4) is 0 Å². The van der Waals surface area contributed by atoms with Crippen LogP contribution in [0.3, 0.4) is 0 Å². The molecule has 0 unspecified atom stereocenters. The lowest BCUT2D eigenvalue weighted by Gasteiger charge is -2.08. The van der Waals surface area contributed by atoms with Gasteiger partial charge < -0.3 is 10.5 Å². The topological polar surface area (TPSA) is 127 Å². The third kappa shape index (κ3) is 9.73. The Kier molecular flexibility index (Phi) is 7.13. The molecule has 1 aromatic rings. The van der Waals surface area contributed by atoms with Crippen molar-refractivity contribution in [2.45, 2.75) is 12.5 Å². The molecule has 0 aliphatic carbocycles. The summed E-state index contributed by atoms with van der Waals surface area (Å²) in [7, 11) is -3.33. The average molecular weight is 277 g/mol. The Morgan fingerprint density at radius 3 is 2.17 bits per heavy atom. The minimum Gasteiger partial charge on any atom is -0.468 e. The van der Waals surface area contributed by atoms with Crippen LogP contribution in [0.4, 0.5) is 0 Å². The summed E-state index contributed by atoms with van der Waals surface area (Å²) in [5.41, 5.74) is 6.63. The zero-order chi connectivity index (χ0) is 14.2. The van der Waals surface area contributed by atoms with Gasteiger partial charge in [0.05, 0.1) is 7.11 Å². The number of carbonyl (C=O) groups excluding carboxylic acids is 1. The van der Waals surface area contributed by atoms with Gasteiger partial charge in [0.1, 0.15) is 6.04 Å². The molecule has 0 fully saturated rings. The Bertz CT molecular complexity index is 451. The molecule has 0 amide bonds. The first-order chi connectivity index (χ1) is 8.24. The van der Waals surface area contributed by atoms with Crippen LogP contribution >= 0.6 is 0 Å². The van der Waals surface area contributed by atoms with Crippen LogP contribution in [0.5, 0.6) is 0 Å². The highest BCUT2D eigenvalue weighted by Crippen LogP contribution is 2.02. The monoisotopic (exact) mass is 277 g/mol. The lowest BCUT2D eigenvalue weighted by atomic mass is 10.1. The number of rotatable bonds is 3. The minimum atomic E-state index is -4.67. The third-order valence-electron chi connectivity index (χ3n) is 1.80. The summed E-state index contributed by atoms with van der Waals surface area (Å²) in [6.45, 7) is 0. The number of hydrogen-bond donors (Lipinski definition) is 3. The second-order valence-corrected chi connectivity index (χ2v) is 4.16.